The third-order valence-corrected chi connectivity index (χ3v) is 5.33. The molecule has 1 amide bonds. The molecule has 2 heterocycles. The van der Waals surface area contributed by atoms with Gasteiger partial charge < -0.3 is 19.4 Å². The largest absolute Gasteiger partial charge is 0.376 e. The number of hydrogen-bond acceptors (Lipinski definition) is 4. The van der Waals surface area contributed by atoms with Gasteiger partial charge in [0.25, 0.3) is 11.5 Å². The maximum atomic E-state index is 13.3. The summed E-state index contributed by atoms with van der Waals surface area (Å²) in [7, 11) is 0. The van der Waals surface area contributed by atoms with Crippen molar-refractivity contribution in [3.63, 3.8) is 0 Å². The second kappa shape index (κ2) is 8.81. The molecule has 0 saturated carbocycles. The number of benzene rings is 2. The first kappa shape index (κ1) is 20.3. The Kier molecular flexibility index (Phi) is 5.97. The number of pyridine rings is 1. The lowest BCUT2D eigenvalue weighted by Gasteiger charge is -2.30. The van der Waals surface area contributed by atoms with Gasteiger partial charge in [-0.25, -0.2) is 0 Å². The molecule has 0 bridgehead atoms. The highest BCUT2D eigenvalue weighted by molar-refractivity contribution is 5.94. The highest BCUT2D eigenvalue weighted by Crippen LogP contribution is 2.17. The van der Waals surface area contributed by atoms with E-state index in [9.17, 15) is 9.59 Å². The van der Waals surface area contributed by atoms with Crippen molar-refractivity contribution in [1.82, 2.24) is 9.88 Å². The third kappa shape index (κ3) is 4.61. The van der Waals surface area contributed by atoms with E-state index in [0.29, 0.717) is 37.5 Å². The second-order valence-corrected chi connectivity index (χ2v) is 7.83. The number of aromatic amines is 1. The normalized spacial score (nSPS) is 16.5. The van der Waals surface area contributed by atoms with E-state index in [0.717, 1.165) is 22.0 Å². The number of H-pyrrole nitrogens is 1. The molecule has 1 aliphatic heterocycles. The fourth-order valence-electron chi connectivity index (χ4n) is 3.68. The van der Waals surface area contributed by atoms with Gasteiger partial charge in [0.2, 0.25) is 0 Å². The predicted molar refractivity (Wildman–Crippen MR) is 116 cm³/mol. The van der Waals surface area contributed by atoms with Crippen molar-refractivity contribution < 1.29 is 14.3 Å². The number of rotatable bonds is 5. The molecule has 1 aromatic heterocycles. The Labute approximate surface area is 175 Å². The quantitative estimate of drug-likeness (QED) is 0.706. The Hall–Kier alpha value is -2.96. The highest BCUT2D eigenvalue weighted by atomic mass is 16.6. The molecule has 156 valence electrons. The molecule has 1 atom stereocenters. The van der Waals surface area contributed by atoms with Gasteiger partial charge >= 0.3 is 0 Å². The van der Waals surface area contributed by atoms with Gasteiger partial charge in [0, 0.05) is 23.2 Å². The van der Waals surface area contributed by atoms with Crippen LogP contribution in [-0.4, -0.2) is 48.3 Å². The van der Waals surface area contributed by atoms with Crippen molar-refractivity contribution in [3.05, 3.63) is 81.1 Å². The van der Waals surface area contributed by atoms with E-state index >= 15 is 0 Å². The van der Waals surface area contributed by atoms with Gasteiger partial charge in [-0.2, -0.15) is 0 Å². The summed E-state index contributed by atoms with van der Waals surface area (Å²) in [5.41, 5.74) is 3.93. The zero-order valence-corrected chi connectivity index (χ0v) is 17.3. The van der Waals surface area contributed by atoms with Crippen molar-refractivity contribution in [3.8, 4) is 0 Å². The van der Waals surface area contributed by atoms with Crippen LogP contribution >= 0.6 is 0 Å². The smallest absolute Gasteiger partial charge is 0.254 e. The molecule has 1 unspecified atom stereocenters. The number of carbonyl (C=O) groups is 1. The van der Waals surface area contributed by atoms with Gasteiger partial charge in [0.15, 0.2) is 0 Å². The molecule has 6 heteroatoms. The maximum Gasteiger partial charge on any atom is 0.254 e. The fraction of sp³-hybridized carbons (Fsp3) is 0.333. The molecule has 0 aliphatic carbocycles. The number of aryl methyl sites for hydroxylation is 2. The molecule has 0 radical (unpaired) electrons. The van der Waals surface area contributed by atoms with Crippen LogP contribution in [0.4, 0.5) is 0 Å². The zero-order chi connectivity index (χ0) is 21.1. The summed E-state index contributed by atoms with van der Waals surface area (Å²) < 4.78 is 11.3. The minimum absolute atomic E-state index is 0.132. The number of nitrogens with zero attached hydrogens (tertiary/aromatic N) is 1. The van der Waals surface area contributed by atoms with Gasteiger partial charge in [0.1, 0.15) is 0 Å². The summed E-state index contributed by atoms with van der Waals surface area (Å²) in [6.45, 7) is 6.06. The molecule has 4 rings (SSSR count). The number of ether oxygens (including phenoxy) is 2. The zero-order valence-electron chi connectivity index (χ0n) is 17.3. The second-order valence-electron chi connectivity index (χ2n) is 7.83. The Balaban J connectivity index is 1.65. The van der Waals surface area contributed by atoms with Gasteiger partial charge in [-0.1, -0.05) is 29.3 Å². The van der Waals surface area contributed by atoms with Crippen LogP contribution in [-0.2, 0) is 16.0 Å². The molecule has 3 aromatic rings. The minimum Gasteiger partial charge on any atom is -0.376 e. The fourth-order valence-corrected chi connectivity index (χ4v) is 3.68. The van der Waals surface area contributed by atoms with Crippen molar-refractivity contribution in [1.29, 1.82) is 0 Å². The van der Waals surface area contributed by atoms with Crippen LogP contribution in [0.5, 0.6) is 0 Å². The number of hydrogen-bond donors (Lipinski definition) is 1. The van der Waals surface area contributed by atoms with Gasteiger partial charge in [-0.05, 0) is 49.6 Å². The van der Waals surface area contributed by atoms with Crippen molar-refractivity contribution >= 4 is 16.8 Å². The van der Waals surface area contributed by atoms with Crippen LogP contribution in [0.3, 0.4) is 0 Å². The van der Waals surface area contributed by atoms with Crippen LogP contribution in [0, 0.1) is 13.8 Å². The van der Waals surface area contributed by atoms with Gasteiger partial charge in [-0.3, -0.25) is 9.59 Å². The minimum atomic E-state index is -0.213. The molecule has 1 fully saturated rings. The van der Waals surface area contributed by atoms with E-state index in [4.69, 9.17) is 9.47 Å². The molecule has 1 N–H and O–H groups in total. The molecular weight excluding hydrogens is 380 g/mol. The van der Waals surface area contributed by atoms with Gasteiger partial charge in [0.05, 0.1) is 32.5 Å². The Morgan fingerprint density at radius 2 is 1.83 bits per heavy atom. The van der Waals surface area contributed by atoms with E-state index in [2.05, 4.69) is 4.98 Å². The van der Waals surface area contributed by atoms with Crippen LogP contribution < -0.4 is 5.56 Å². The van der Waals surface area contributed by atoms with E-state index in [-0.39, 0.29) is 24.1 Å². The highest BCUT2D eigenvalue weighted by Gasteiger charge is 2.24. The van der Waals surface area contributed by atoms with Crippen molar-refractivity contribution in [2.75, 3.05) is 26.4 Å². The maximum absolute atomic E-state index is 13.3. The SMILES string of the molecule is Cc1ccc(C(=O)N(Cc2cc3cc(C)ccc3[nH]c2=O)CC2COCCO2)cc1. The average molecular weight is 406 g/mol. The van der Waals surface area contributed by atoms with Crippen molar-refractivity contribution in [2.45, 2.75) is 26.5 Å². The molecule has 2 aromatic carbocycles. The summed E-state index contributed by atoms with van der Waals surface area (Å²) in [6.07, 6.45) is -0.213. The van der Waals surface area contributed by atoms with E-state index in [1.807, 2.05) is 62.4 Å². The Morgan fingerprint density at radius 1 is 1.07 bits per heavy atom. The summed E-state index contributed by atoms with van der Waals surface area (Å²) in [5.74, 6) is -0.132. The topological polar surface area (TPSA) is 71.6 Å². The summed E-state index contributed by atoms with van der Waals surface area (Å²) in [4.78, 5) is 30.6. The lowest BCUT2D eigenvalue weighted by Crippen LogP contribution is -2.43. The number of nitrogens with one attached hydrogen (secondary N) is 1. The Morgan fingerprint density at radius 3 is 2.57 bits per heavy atom. The monoisotopic (exact) mass is 406 g/mol. The van der Waals surface area contributed by atoms with E-state index < -0.39 is 0 Å². The molecule has 6 nitrogen and oxygen atoms in total. The summed E-state index contributed by atoms with van der Waals surface area (Å²) in [5, 5.41) is 0.949. The van der Waals surface area contributed by atoms with E-state index in [1.165, 1.54) is 0 Å². The third-order valence-electron chi connectivity index (χ3n) is 5.33. The number of fused-ring (bicyclic) bond motifs is 1. The molecule has 30 heavy (non-hydrogen) atoms. The van der Waals surface area contributed by atoms with Crippen molar-refractivity contribution in [2.24, 2.45) is 0 Å². The average Bonchev–Trinajstić information content (AvgIpc) is 2.75. The molecule has 0 spiro atoms. The lowest BCUT2D eigenvalue weighted by atomic mass is 10.1. The van der Waals surface area contributed by atoms with Gasteiger partial charge in [-0.15, -0.1) is 0 Å². The lowest BCUT2D eigenvalue weighted by molar-refractivity contribution is -0.0953. The van der Waals surface area contributed by atoms with Crippen LogP contribution in [0.1, 0.15) is 27.0 Å². The number of aromatic nitrogens is 1. The Bertz CT molecular complexity index is 1100. The summed E-state index contributed by atoms with van der Waals surface area (Å²) in [6, 6.07) is 15.2. The summed E-state index contributed by atoms with van der Waals surface area (Å²) >= 11 is 0. The number of carbonyl (C=O) groups excluding carboxylic acids is 1. The molecule has 1 saturated heterocycles. The first-order chi connectivity index (χ1) is 14.5. The first-order valence-corrected chi connectivity index (χ1v) is 10.2. The van der Waals surface area contributed by atoms with Crippen LogP contribution in [0.25, 0.3) is 10.9 Å². The standard InChI is InChI=1S/C24H26N2O4/c1-16-3-6-18(7-4-16)24(28)26(14-21-15-29-9-10-30-21)13-20-12-19-11-17(2)5-8-22(19)25-23(20)27/h3-8,11-12,21H,9-10,13-15H2,1-2H3,(H,25,27). The van der Waals surface area contributed by atoms with Crippen LogP contribution in [0.15, 0.2) is 53.3 Å². The van der Waals surface area contributed by atoms with E-state index in [1.54, 1.807) is 4.90 Å². The first-order valence-electron chi connectivity index (χ1n) is 10.2. The molecule has 1 aliphatic rings. The van der Waals surface area contributed by atoms with Crippen LogP contribution in [0.2, 0.25) is 0 Å². The predicted octanol–water partition coefficient (Wildman–Crippen LogP) is 3.20. The number of amides is 1. The molecular formula is C24H26N2O4.